The Bertz CT molecular complexity index is 706. The molecule has 0 saturated heterocycles. The smallest absolute Gasteiger partial charge is 0.263 e. The van der Waals surface area contributed by atoms with Crippen molar-refractivity contribution in [1.29, 1.82) is 0 Å². The van der Waals surface area contributed by atoms with Crippen LogP contribution in [0, 0.1) is 11.8 Å². The molecule has 5 heteroatoms. The summed E-state index contributed by atoms with van der Waals surface area (Å²) in [6.07, 6.45) is -2.41. The summed E-state index contributed by atoms with van der Waals surface area (Å²) in [5.41, 5.74) is 2.12. The Kier molecular flexibility index (Phi) is 5.96. The van der Waals surface area contributed by atoms with Gasteiger partial charge in [-0.3, -0.25) is 4.68 Å². The molecule has 0 bridgehead atoms. The van der Waals surface area contributed by atoms with Crippen molar-refractivity contribution in [2.45, 2.75) is 53.1 Å². The third-order valence-electron chi connectivity index (χ3n) is 4.89. The van der Waals surface area contributed by atoms with E-state index in [1.165, 1.54) is 7.05 Å². The molecule has 0 aliphatic heterocycles. The number of halogens is 3. The second-order valence-corrected chi connectivity index (χ2v) is 7.30. The van der Waals surface area contributed by atoms with Gasteiger partial charge < -0.3 is 0 Å². The standard InChI is InChI=1S/C14H13F3N2.C6H14/c1-19-13(14(15,16)17)11-8-4-6-9-5-2-3-7-10(9)12(11)18-19;1-5(2)6(3)4/h2-3,5,7H,4,6,8H2,1H3;5-6H,1-4H3. The summed E-state index contributed by atoms with van der Waals surface area (Å²) < 4.78 is 40.3. The first-order valence-electron chi connectivity index (χ1n) is 8.84. The lowest BCUT2D eigenvalue weighted by atomic mass is 10.0. The molecule has 0 saturated carbocycles. The van der Waals surface area contributed by atoms with E-state index in [1.807, 2.05) is 24.3 Å². The van der Waals surface area contributed by atoms with Gasteiger partial charge in [0.1, 0.15) is 5.69 Å². The van der Waals surface area contributed by atoms with Gasteiger partial charge in [-0.2, -0.15) is 18.3 Å². The van der Waals surface area contributed by atoms with Crippen molar-refractivity contribution in [2.24, 2.45) is 18.9 Å². The van der Waals surface area contributed by atoms with Crippen LogP contribution in [0.25, 0.3) is 11.3 Å². The van der Waals surface area contributed by atoms with E-state index < -0.39 is 11.9 Å². The molecule has 25 heavy (non-hydrogen) atoms. The van der Waals surface area contributed by atoms with Crippen LogP contribution in [0.15, 0.2) is 24.3 Å². The van der Waals surface area contributed by atoms with E-state index >= 15 is 0 Å². The number of aromatic nitrogens is 2. The number of nitrogens with zero attached hydrogens (tertiary/aromatic N) is 2. The predicted octanol–water partition coefficient (Wildman–Crippen LogP) is 5.89. The van der Waals surface area contributed by atoms with Gasteiger partial charge in [-0.15, -0.1) is 0 Å². The second kappa shape index (κ2) is 7.63. The molecule has 1 aliphatic carbocycles. The molecule has 2 aromatic rings. The van der Waals surface area contributed by atoms with Crippen molar-refractivity contribution in [2.75, 3.05) is 0 Å². The minimum absolute atomic E-state index is 0.333. The second-order valence-electron chi connectivity index (χ2n) is 7.30. The van der Waals surface area contributed by atoms with Crippen molar-refractivity contribution < 1.29 is 13.2 Å². The number of hydrogen-bond donors (Lipinski definition) is 0. The van der Waals surface area contributed by atoms with E-state index in [9.17, 15) is 13.2 Å². The minimum Gasteiger partial charge on any atom is -0.263 e. The normalized spacial score (nSPS) is 13.8. The molecule has 1 aliphatic rings. The third kappa shape index (κ3) is 4.44. The molecule has 0 amide bonds. The fraction of sp³-hybridized carbons (Fsp3) is 0.550. The first-order chi connectivity index (χ1) is 11.6. The van der Waals surface area contributed by atoms with E-state index in [-0.39, 0.29) is 0 Å². The zero-order chi connectivity index (χ0) is 18.8. The first-order valence-corrected chi connectivity index (χ1v) is 8.84. The lowest BCUT2D eigenvalue weighted by molar-refractivity contribution is -0.144. The Morgan fingerprint density at radius 2 is 1.60 bits per heavy atom. The van der Waals surface area contributed by atoms with Crippen LogP contribution in [0.4, 0.5) is 13.2 Å². The molecular formula is C20H27F3N2. The Morgan fingerprint density at radius 3 is 2.16 bits per heavy atom. The van der Waals surface area contributed by atoms with Crippen molar-refractivity contribution in [3.63, 3.8) is 0 Å². The highest BCUT2D eigenvalue weighted by atomic mass is 19.4. The highest BCUT2D eigenvalue weighted by Crippen LogP contribution is 2.39. The molecule has 1 aromatic heterocycles. The number of rotatable bonds is 1. The molecule has 0 fully saturated rings. The Morgan fingerprint density at radius 1 is 1.00 bits per heavy atom. The van der Waals surface area contributed by atoms with E-state index in [0.717, 1.165) is 40.5 Å². The zero-order valence-corrected chi connectivity index (χ0v) is 15.6. The van der Waals surface area contributed by atoms with Crippen LogP contribution in [-0.4, -0.2) is 9.78 Å². The number of alkyl halides is 3. The van der Waals surface area contributed by atoms with Crippen LogP contribution in [0.5, 0.6) is 0 Å². The maximum Gasteiger partial charge on any atom is 0.433 e. The Hall–Kier alpha value is -1.78. The van der Waals surface area contributed by atoms with Gasteiger partial charge in [0.05, 0.1) is 5.69 Å². The zero-order valence-electron chi connectivity index (χ0n) is 15.6. The molecule has 138 valence electrons. The Labute approximate surface area is 148 Å². The summed E-state index contributed by atoms with van der Waals surface area (Å²) >= 11 is 0. The molecule has 1 aromatic carbocycles. The van der Waals surface area contributed by atoms with Crippen molar-refractivity contribution in [3.05, 3.63) is 41.1 Å². The Balaban J connectivity index is 0.000000326. The van der Waals surface area contributed by atoms with E-state index in [0.29, 0.717) is 17.7 Å². The summed E-state index contributed by atoms with van der Waals surface area (Å²) in [6, 6.07) is 7.58. The maximum atomic E-state index is 13.1. The van der Waals surface area contributed by atoms with E-state index in [2.05, 4.69) is 32.8 Å². The number of fused-ring (bicyclic) bond motifs is 3. The number of aryl methyl sites for hydroxylation is 2. The summed E-state index contributed by atoms with van der Waals surface area (Å²) in [4.78, 5) is 0. The summed E-state index contributed by atoms with van der Waals surface area (Å²) in [5, 5.41) is 4.12. The fourth-order valence-corrected chi connectivity index (χ4v) is 2.80. The van der Waals surface area contributed by atoms with Gasteiger partial charge in [-0.1, -0.05) is 52.0 Å². The third-order valence-corrected chi connectivity index (χ3v) is 4.89. The lowest BCUT2D eigenvalue weighted by Gasteiger charge is -2.09. The van der Waals surface area contributed by atoms with Crippen LogP contribution in [0.2, 0.25) is 0 Å². The highest BCUT2D eigenvalue weighted by molar-refractivity contribution is 5.69. The summed E-state index contributed by atoms with van der Waals surface area (Å²) in [5.74, 6) is 1.70. The summed E-state index contributed by atoms with van der Waals surface area (Å²) in [7, 11) is 1.36. The van der Waals surface area contributed by atoms with Crippen molar-refractivity contribution >= 4 is 0 Å². The molecular weight excluding hydrogens is 325 g/mol. The van der Waals surface area contributed by atoms with Gasteiger partial charge in [0.15, 0.2) is 0 Å². The quantitative estimate of drug-likeness (QED) is 0.625. The van der Waals surface area contributed by atoms with Crippen LogP contribution in [0.3, 0.4) is 0 Å². The van der Waals surface area contributed by atoms with Gasteiger partial charge >= 0.3 is 6.18 Å². The number of benzene rings is 1. The van der Waals surface area contributed by atoms with Crippen LogP contribution in [0.1, 0.15) is 50.9 Å². The van der Waals surface area contributed by atoms with Gasteiger partial charge in [-0.25, -0.2) is 0 Å². The molecule has 1 heterocycles. The fourth-order valence-electron chi connectivity index (χ4n) is 2.80. The van der Waals surface area contributed by atoms with Crippen LogP contribution in [-0.2, 0) is 26.1 Å². The molecule has 0 atom stereocenters. The summed E-state index contributed by atoms with van der Waals surface area (Å²) in [6.45, 7) is 8.96. The topological polar surface area (TPSA) is 17.8 Å². The minimum atomic E-state index is -4.35. The monoisotopic (exact) mass is 352 g/mol. The van der Waals surface area contributed by atoms with Crippen molar-refractivity contribution in [3.8, 4) is 11.3 Å². The van der Waals surface area contributed by atoms with Crippen LogP contribution < -0.4 is 0 Å². The molecule has 3 rings (SSSR count). The molecule has 0 N–H and O–H groups in total. The molecule has 0 spiro atoms. The molecule has 0 unspecified atom stereocenters. The van der Waals surface area contributed by atoms with E-state index in [4.69, 9.17) is 0 Å². The average molecular weight is 352 g/mol. The SMILES string of the molecule is CC(C)C(C)C.Cn1nc2c(c1C(F)(F)F)CCCc1ccccc1-2. The predicted molar refractivity (Wildman–Crippen MR) is 95.3 cm³/mol. The van der Waals surface area contributed by atoms with Crippen LogP contribution >= 0.6 is 0 Å². The number of hydrogen-bond acceptors (Lipinski definition) is 1. The van der Waals surface area contributed by atoms with Crippen molar-refractivity contribution in [1.82, 2.24) is 9.78 Å². The molecule has 2 nitrogen and oxygen atoms in total. The van der Waals surface area contributed by atoms with Gasteiger partial charge in [0, 0.05) is 18.2 Å². The highest BCUT2D eigenvalue weighted by Gasteiger charge is 2.39. The average Bonchev–Trinajstić information content (AvgIpc) is 2.75. The first kappa shape index (κ1) is 19.5. The van der Waals surface area contributed by atoms with E-state index in [1.54, 1.807) is 0 Å². The van der Waals surface area contributed by atoms with Gasteiger partial charge in [0.2, 0.25) is 0 Å². The lowest BCUT2D eigenvalue weighted by Crippen LogP contribution is -2.14. The largest absolute Gasteiger partial charge is 0.433 e. The van der Waals surface area contributed by atoms with Gasteiger partial charge in [-0.05, 0) is 36.7 Å². The van der Waals surface area contributed by atoms with Gasteiger partial charge in [0.25, 0.3) is 0 Å². The molecule has 0 radical (unpaired) electrons. The maximum absolute atomic E-state index is 13.1.